The lowest BCUT2D eigenvalue weighted by atomic mass is 9.93. The van der Waals surface area contributed by atoms with E-state index >= 15 is 0 Å². The van der Waals surface area contributed by atoms with Crippen molar-refractivity contribution in [1.29, 1.82) is 0 Å². The van der Waals surface area contributed by atoms with E-state index in [9.17, 15) is 4.79 Å². The number of hydrogen-bond acceptors (Lipinski definition) is 3. The van der Waals surface area contributed by atoms with Gasteiger partial charge in [0.15, 0.2) is 0 Å². The van der Waals surface area contributed by atoms with Gasteiger partial charge in [0, 0.05) is 17.8 Å². The molecule has 1 aliphatic heterocycles. The number of benzene rings is 3. The number of amides is 1. The SMILES string of the molecule is CCCCCCOc1cccc(C2(C)Nc3ccccc3C(=O)N2CCc2ccccc2)c1. The summed E-state index contributed by atoms with van der Waals surface area (Å²) in [6.07, 6.45) is 5.49. The maximum atomic E-state index is 13.6. The minimum Gasteiger partial charge on any atom is -0.494 e. The molecule has 0 saturated carbocycles. The molecule has 3 aromatic carbocycles. The normalized spacial score (nSPS) is 17.4. The molecule has 1 N–H and O–H groups in total. The van der Waals surface area contributed by atoms with Crippen molar-refractivity contribution in [2.45, 2.75) is 51.6 Å². The van der Waals surface area contributed by atoms with Gasteiger partial charge in [0.05, 0.1) is 12.2 Å². The molecule has 1 unspecified atom stereocenters. The van der Waals surface area contributed by atoms with Crippen LogP contribution in [0.3, 0.4) is 0 Å². The number of nitrogens with zero attached hydrogens (tertiary/aromatic N) is 1. The zero-order valence-electron chi connectivity index (χ0n) is 19.7. The van der Waals surface area contributed by atoms with Crippen LogP contribution in [-0.4, -0.2) is 24.0 Å². The zero-order chi connectivity index (χ0) is 23.1. The predicted octanol–water partition coefficient (Wildman–Crippen LogP) is 6.63. The lowest BCUT2D eigenvalue weighted by molar-refractivity contribution is 0.0538. The lowest BCUT2D eigenvalue weighted by Gasteiger charge is -2.47. The third-order valence-electron chi connectivity index (χ3n) is 6.45. The number of para-hydroxylation sites is 1. The van der Waals surface area contributed by atoms with Crippen molar-refractivity contribution >= 4 is 11.6 Å². The fourth-order valence-electron chi connectivity index (χ4n) is 4.50. The third-order valence-corrected chi connectivity index (χ3v) is 6.45. The predicted molar refractivity (Wildman–Crippen MR) is 135 cm³/mol. The van der Waals surface area contributed by atoms with Crippen LogP contribution in [0, 0.1) is 0 Å². The molecular weight excluding hydrogens is 408 g/mol. The summed E-state index contributed by atoms with van der Waals surface area (Å²) in [5.41, 5.74) is 3.14. The molecule has 1 amide bonds. The van der Waals surface area contributed by atoms with Crippen LogP contribution in [0.4, 0.5) is 5.69 Å². The standard InChI is InChI=1S/C29H34N2O2/c1-3-4-5-11-21-33-25-16-12-15-24(22-25)29(2)30-27-18-10-9-17-26(27)28(32)31(29)20-19-23-13-7-6-8-14-23/h6-10,12-18,22,30H,3-5,11,19-21H2,1-2H3. The van der Waals surface area contributed by atoms with E-state index in [1.807, 2.05) is 59.5 Å². The van der Waals surface area contributed by atoms with Gasteiger partial charge in [-0.15, -0.1) is 0 Å². The largest absolute Gasteiger partial charge is 0.494 e. The number of hydrogen-bond donors (Lipinski definition) is 1. The van der Waals surface area contributed by atoms with Gasteiger partial charge in [0.2, 0.25) is 0 Å². The second kappa shape index (κ2) is 10.6. The van der Waals surface area contributed by atoms with E-state index in [0.717, 1.165) is 29.8 Å². The Labute approximate surface area is 197 Å². The Bertz CT molecular complexity index is 1070. The molecule has 4 heteroatoms. The maximum absolute atomic E-state index is 13.6. The number of carbonyl (C=O) groups excluding carboxylic acids is 1. The average molecular weight is 443 g/mol. The topological polar surface area (TPSA) is 41.6 Å². The summed E-state index contributed by atoms with van der Waals surface area (Å²) in [7, 11) is 0. The van der Waals surface area contributed by atoms with Crippen LogP contribution < -0.4 is 10.1 Å². The van der Waals surface area contributed by atoms with Crippen LogP contribution >= 0.6 is 0 Å². The van der Waals surface area contributed by atoms with E-state index in [1.165, 1.54) is 24.8 Å². The summed E-state index contributed by atoms with van der Waals surface area (Å²) < 4.78 is 6.06. The molecule has 0 aromatic heterocycles. The second-order valence-electron chi connectivity index (χ2n) is 8.87. The number of anilines is 1. The maximum Gasteiger partial charge on any atom is 0.258 e. The fourth-order valence-corrected chi connectivity index (χ4v) is 4.50. The van der Waals surface area contributed by atoms with Gasteiger partial charge < -0.3 is 15.0 Å². The minimum absolute atomic E-state index is 0.0497. The van der Waals surface area contributed by atoms with Crippen molar-refractivity contribution in [2.75, 3.05) is 18.5 Å². The first-order valence-electron chi connectivity index (χ1n) is 12.1. The Morgan fingerprint density at radius 1 is 0.909 bits per heavy atom. The van der Waals surface area contributed by atoms with Crippen LogP contribution in [0.25, 0.3) is 0 Å². The van der Waals surface area contributed by atoms with Crippen LogP contribution in [0.1, 0.15) is 61.0 Å². The van der Waals surface area contributed by atoms with E-state index in [2.05, 4.69) is 43.4 Å². The Hall–Kier alpha value is -3.27. The number of rotatable bonds is 10. The highest BCUT2D eigenvalue weighted by molar-refractivity contribution is 6.02. The van der Waals surface area contributed by atoms with Gasteiger partial charge >= 0.3 is 0 Å². The third kappa shape index (κ3) is 5.22. The average Bonchev–Trinajstić information content (AvgIpc) is 2.84. The monoisotopic (exact) mass is 442 g/mol. The van der Waals surface area contributed by atoms with Crippen molar-refractivity contribution < 1.29 is 9.53 Å². The zero-order valence-corrected chi connectivity index (χ0v) is 19.7. The van der Waals surface area contributed by atoms with Crippen LogP contribution in [-0.2, 0) is 12.1 Å². The Balaban J connectivity index is 1.60. The summed E-state index contributed by atoms with van der Waals surface area (Å²) in [5, 5.41) is 3.67. The van der Waals surface area contributed by atoms with Gasteiger partial charge in [-0.2, -0.15) is 0 Å². The van der Waals surface area contributed by atoms with Gasteiger partial charge in [0.1, 0.15) is 11.4 Å². The van der Waals surface area contributed by atoms with E-state index in [-0.39, 0.29) is 5.91 Å². The van der Waals surface area contributed by atoms with Crippen molar-refractivity contribution in [3.05, 3.63) is 95.6 Å². The fraction of sp³-hybridized carbons (Fsp3) is 0.345. The van der Waals surface area contributed by atoms with Crippen molar-refractivity contribution in [1.82, 2.24) is 4.90 Å². The Morgan fingerprint density at radius 3 is 2.52 bits per heavy atom. The molecule has 172 valence electrons. The number of carbonyl (C=O) groups is 1. The molecule has 4 nitrogen and oxygen atoms in total. The highest BCUT2D eigenvalue weighted by atomic mass is 16.5. The van der Waals surface area contributed by atoms with Gasteiger partial charge in [-0.1, -0.05) is 80.8 Å². The molecule has 0 spiro atoms. The summed E-state index contributed by atoms with van der Waals surface area (Å²) in [4.78, 5) is 15.6. The number of unbranched alkanes of at least 4 members (excludes halogenated alkanes) is 3. The highest BCUT2D eigenvalue weighted by Gasteiger charge is 2.42. The first-order chi connectivity index (χ1) is 16.1. The number of fused-ring (bicyclic) bond motifs is 1. The van der Waals surface area contributed by atoms with E-state index < -0.39 is 5.66 Å². The molecule has 33 heavy (non-hydrogen) atoms. The smallest absolute Gasteiger partial charge is 0.258 e. The van der Waals surface area contributed by atoms with Crippen molar-refractivity contribution in [3.8, 4) is 5.75 Å². The molecule has 0 fully saturated rings. The first kappa shape index (κ1) is 22.9. The minimum atomic E-state index is -0.679. The number of ether oxygens (including phenoxy) is 1. The Kier molecular flexibility index (Phi) is 7.33. The summed E-state index contributed by atoms with van der Waals surface area (Å²) in [6, 6.07) is 26.3. The van der Waals surface area contributed by atoms with Gasteiger partial charge in [0.25, 0.3) is 5.91 Å². The van der Waals surface area contributed by atoms with Crippen LogP contribution in [0.2, 0.25) is 0 Å². The van der Waals surface area contributed by atoms with Crippen molar-refractivity contribution in [2.24, 2.45) is 0 Å². The molecule has 1 heterocycles. The summed E-state index contributed by atoms with van der Waals surface area (Å²) in [5.74, 6) is 0.898. The lowest BCUT2D eigenvalue weighted by Crippen LogP contribution is -2.56. The molecule has 3 aromatic rings. The van der Waals surface area contributed by atoms with Gasteiger partial charge in [-0.3, -0.25) is 4.79 Å². The number of nitrogens with one attached hydrogen (secondary N) is 1. The molecule has 1 atom stereocenters. The summed E-state index contributed by atoms with van der Waals surface area (Å²) >= 11 is 0. The van der Waals surface area contributed by atoms with Crippen molar-refractivity contribution in [3.63, 3.8) is 0 Å². The molecular formula is C29H34N2O2. The van der Waals surface area contributed by atoms with Gasteiger partial charge in [-0.05, 0) is 49.6 Å². The highest BCUT2D eigenvalue weighted by Crippen LogP contribution is 2.38. The summed E-state index contributed by atoms with van der Waals surface area (Å²) in [6.45, 7) is 5.63. The molecule has 0 radical (unpaired) electrons. The molecule has 4 rings (SSSR count). The van der Waals surface area contributed by atoms with E-state index in [4.69, 9.17) is 4.74 Å². The van der Waals surface area contributed by atoms with Gasteiger partial charge in [-0.25, -0.2) is 0 Å². The van der Waals surface area contributed by atoms with E-state index in [0.29, 0.717) is 18.7 Å². The molecule has 0 bridgehead atoms. The molecule has 0 aliphatic carbocycles. The van der Waals surface area contributed by atoms with Crippen LogP contribution in [0.15, 0.2) is 78.9 Å². The molecule has 1 aliphatic rings. The van der Waals surface area contributed by atoms with E-state index in [1.54, 1.807) is 0 Å². The first-order valence-corrected chi connectivity index (χ1v) is 12.1. The molecule has 0 saturated heterocycles. The Morgan fingerprint density at radius 2 is 1.70 bits per heavy atom. The second-order valence-corrected chi connectivity index (χ2v) is 8.87. The quantitative estimate of drug-likeness (QED) is 0.358. The van der Waals surface area contributed by atoms with Crippen LogP contribution in [0.5, 0.6) is 5.75 Å².